The van der Waals surface area contributed by atoms with Crippen molar-refractivity contribution < 1.29 is 31.8 Å². The van der Waals surface area contributed by atoms with Crippen LogP contribution in [-0.2, 0) is 15.6 Å². The van der Waals surface area contributed by atoms with Crippen molar-refractivity contribution in [1.82, 2.24) is 4.31 Å². The monoisotopic (exact) mass is 450 g/mol. The van der Waals surface area contributed by atoms with E-state index in [1.165, 1.54) is 34.6 Å². The van der Waals surface area contributed by atoms with Gasteiger partial charge in [-0.3, -0.25) is 0 Å². The highest BCUT2D eigenvalue weighted by atomic mass is 32.2. The van der Waals surface area contributed by atoms with Crippen molar-refractivity contribution in [2.45, 2.75) is 29.0 Å². The zero-order valence-electron chi connectivity index (χ0n) is 15.5. The summed E-state index contributed by atoms with van der Waals surface area (Å²) in [5, 5.41) is 21.2. The van der Waals surface area contributed by atoms with E-state index in [-0.39, 0.29) is 36.0 Å². The molecule has 11 heteroatoms. The van der Waals surface area contributed by atoms with Gasteiger partial charge in [0.05, 0.1) is 12.6 Å². The zero-order chi connectivity index (χ0) is 21.4. The van der Waals surface area contributed by atoms with Gasteiger partial charge in [0.1, 0.15) is 4.21 Å². The Kier molecular flexibility index (Phi) is 5.98. The lowest BCUT2D eigenvalue weighted by Gasteiger charge is -2.41. The molecule has 1 saturated heterocycles. The number of hydrogen-bond acceptors (Lipinski definition) is 6. The van der Waals surface area contributed by atoms with Gasteiger partial charge in [-0.25, -0.2) is 8.42 Å². The zero-order valence-corrected chi connectivity index (χ0v) is 17.1. The Morgan fingerprint density at radius 2 is 1.83 bits per heavy atom. The van der Waals surface area contributed by atoms with E-state index in [0.29, 0.717) is 12.6 Å². The van der Waals surface area contributed by atoms with Gasteiger partial charge in [0.25, 0.3) is 10.0 Å². The number of hydrogen-bond donors (Lipinski definition) is 2. The highest BCUT2D eigenvalue weighted by Gasteiger charge is 2.51. The molecule has 0 amide bonds. The van der Waals surface area contributed by atoms with Crippen molar-refractivity contribution in [3.63, 3.8) is 0 Å². The second-order valence-electron chi connectivity index (χ2n) is 6.94. The number of rotatable bonds is 5. The molecule has 6 nitrogen and oxygen atoms in total. The number of alkyl halides is 3. The third-order valence-electron chi connectivity index (χ3n) is 5.06. The molecule has 1 aliphatic heterocycles. The molecule has 29 heavy (non-hydrogen) atoms. The van der Waals surface area contributed by atoms with Crippen LogP contribution in [0.2, 0.25) is 0 Å². The van der Waals surface area contributed by atoms with Crippen molar-refractivity contribution in [2.24, 2.45) is 0 Å². The van der Waals surface area contributed by atoms with E-state index in [4.69, 9.17) is 0 Å². The summed E-state index contributed by atoms with van der Waals surface area (Å²) in [4.78, 5) is 1.76. The predicted octanol–water partition coefficient (Wildman–Crippen LogP) is 2.39. The topological polar surface area (TPSA) is 81.1 Å². The lowest BCUT2D eigenvalue weighted by Crippen LogP contribution is -2.56. The maximum Gasteiger partial charge on any atom is 0.421 e. The molecule has 0 aliphatic carbocycles. The molecule has 2 aromatic rings. The number of benzene rings is 1. The van der Waals surface area contributed by atoms with Crippen molar-refractivity contribution in [1.29, 1.82) is 0 Å². The van der Waals surface area contributed by atoms with Crippen LogP contribution in [0, 0.1) is 0 Å². The summed E-state index contributed by atoms with van der Waals surface area (Å²) >= 11 is 1.11. The van der Waals surface area contributed by atoms with E-state index in [2.05, 4.69) is 0 Å². The average molecular weight is 451 g/mol. The lowest BCUT2D eigenvalue weighted by atomic mass is 9.95. The summed E-state index contributed by atoms with van der Waals surface area (Å²) in [5.41, 5.74) is -2.73. The first-order valence-corrected chi connectivity index (χ1v) is 11.1. The summed E-state index contributed by atoms with van der Waals surface area (Å²) in [7, 11) is -3.65. The van der Waals surface area contributed by atoms with Gasteiger partial charge in [0.2, 0.25) is 0 Å². The van der Waals surface area contributed by atoms with Crippen LogP contribution in [0.25, 0.3) is 0 Å². The number of anilines is 1. The molecule has 0 saturated carbocycles. The van der Waals surface area contributed by atoms with E-state index in [9.17, 15) is 31.8 Å². The van der Waals surface area contributed by atoms with Crippen LogP contribution in [-0.4, -0.2) is 61.4 Å². The molecule has 1 aromatic carbocycles. The molecular weight excluding hydrogens is 429 g/mol. The predicted molar refractivity (Wildman–Crippen MR) is 103 cm³/mol. The quantitative estimate of drug-likeness (QED) is 0.731. The number of aliphatic hydroxyl groups is 2. The van der Waals surface area contributed by atoms with Gasteiger partial charge in [-0.05, 0) is 36.1 Å². The fourth-order valence-corrected chi connectivity index (χ4v) is 5.83. The first-order chi connectivity index (χ1) is 13.5. The Balaban J connectivity index is 1.79. The standard InChI is InChI=1S/C18H21F3N2O4S2/c1-17(25,18(19,20)21)13-4-6-14(7-5-13)23-9-8-22(11-15(23)12-24)29(26,27)16-3-2-10-28-16/h2-7,10,15,24-25H,8-9,11-12H2,1H3/t15-,17+/m0/s1. The molecule has 0 spiro atoms. The molecule has 0 bridgehead atoms. The third-order valence-corrected chi connectivity index (χ3v) is 8.30. The van der Waals surface area contributed by atoms with E-state index in [1.54, 1.807) is 16.3 Å². The third kappa shape index (κ3) is 4.15. The highest BCUT2D eigenvalue weighted by Crippen LogP contribution is 2.39. The van der Waals surface area contributed by atoms with Gasteiger partial charge in [-0.2, -0.15) is 17.5 Å². The average Bonchev–Trinajstić information content (AvgIpc) is 3.22. The first-order valence-electron chi connectivity index (χ1n) is 8.79. The van der Waals surface area contributed by atoms with Gasteiger partial charge in [-0.1, -0.05) is 18.2 Å². The Bertz CT molecular complexity index is 929. The molecule has 1 fully saturated rings. The van der Waals surface area contributed by atoms with E-state index >= 15 is 0 Å². The van der Waals surface area contributed by atoms with Crippen LogP contribution in [0.3, 0.4) is 0 Å². The van der Waals surface area contributed by atoms with Gasteiger partial charge in [-0.15, -0.1) is 11.3 Å². The maximum absolute atomic E-state index is 13.0. The van der Waals surface area contributed by atoms with Crippen LogP contribution < -0.4 is 4.90 Å². The molecule has 2 atom stereocenters. The lowest BCUT2D eigenvalue weighted by molar-refractivity contribution is -0.258. The van der Waals surface area contributed by atoms with Crippen molar-refractivity contribution >= 4 is 27.0 Å². The minimum atomic E-state index is -4.82. The fourth-order valence-electron chi connectivity index (χ4n) is 3.22. The van der Waals surface area contributed by atoms with Crippen LogP contribution in [0.4, 0.5) is 18.9 Å². The van der Waals surface area contributed by atoms with Crippen molar-refractivity contribution in [2.75, 3.05) is 31.1 Å². The van der Waals surface area contributed by atoms with Crippen molar-refractivity contribution in [3.8, 4) is 0 Å². The number of sulfonamides is 1. The molecule has 1 aromatic heterocycles. The molecule has 2 heterocycles. The molecule has 0 radical (unpaired) electrons. The van der Waals surface area contributed by atoms with E-state index < -0.39 is 27.8 Å². The largest absolute Gasteiger partial charge is 0.421 e. The van der Waals surface area contributed by atoms with Crippen LogP contribution in [0.5, 0.6) is 0 Å². The van der Waals surface area contributed by atoms with E-state index in [1.807, 2.05) is 0 Å². The molecule has 3 rings (SSSR count). The van der Waals surface area contributed by atoms with Crippen molar-refractivity contribution in [3.05, 3.63) is 47.3 Å². The molecule has 0 unspecified atom stereocenters. The van der Waals surface area contributed by atoms with Gasteiger partial charge < -0.3 is 15.1 Å². The smallest absolute Gasteiger partial charge is 0.394 e. The van der Waals surface area contributed by atoms with Gasteiger partial charge in [0.15, 0.2) is 5.60 Å². The number of piperazine rings is 1. The highest BCUT2D eigenvalue weighted by molar-refractivity contribution is 7.91. The van der Waals surface area contributed by atoms with E-state index in [0.717, 1.165) is 11.3 Å². The summed E-state index contributed by atoms with van der Waals surface area (Å²) in [5.74, 6) is 0. The number of nitrogens with zero attached hydrogens (tertiary/aromatic N) is 2. The molecular formula is C18H21F3N2O4S2. The van der Waals surface area contributed by atoms with Crippen LogP contribution in [0.1, 0.15) is 12.5 Å². The first kappa shape index (κ1) is 22.0. The van der Waals surface area contributed by atoms with Gasteiger partial charge in [0, 0.05) is 25.3 Å². The minimum absolute atomic E-state index is 0.0543. The second kappa shape index (κ2) is 7.88. The van der Waals surface area contributed by atoms with Crippen LogP contribution in [0.15, 0.2) is 46.0 Å². The number of thiophene rings is 1. The Morgan fingerprint density at radius 3 is 2.34 bits per heavy atom. The minimum Gasteiger partial charge on any atom is -0.394 e. The fraction of sp³-hybridized carbons (Fsp3) is 0.444. The summed E-state index contributed by atoms with van der Waals surface area (Å²) in [6.45, 7) is 0.869. The normalized spacial score (nSPS) is 21.2. The molecule has 2 N–H and O–H groups in total. The molecule has 1 aliphatic rings. The Hall–Kier alpha value is -1.66. The summed E-state index contributed by atoms with van der Waals surface area (Å²) < 4.78 is 66.0. The van der Waals surface area contributed by atoms with Gasteiger partial charge >= 0.3 is 6.18 Å². The van der Waals surface area contributed by atoms with Crippen LogP contribution >= 0.6 is 11.3 Å². The SMILES string of the molecule is C[C@@](O)(c1ccc(N2CCN(S(=O)(=O)c3cccs3)C[C@H]2CO)cc1)C(F)(F)F. The Labute approximate surface area is 170 Å². The number of aliphatic hydroxyl groups excluding tert-OH is 1. The number of halogens is 3. The Morgan fingerprint density at radius 1 is 1.17 bits per heavy atom. The second-order valence-corrected chi connectivity index (χ2v) is 10.1. The summed E-state index contributed by atoms with van der Waals surface area (Å²) in [6, 6.07) is 7.86. The molecule has 160 valence electrons. The maximum atomic E-state index is 13.0. The summed E-state index contributed by atoms with van der Waals surface area (Å²) in [6.07, 6.45) is -4.82.